The number of amides is 3. The summed E-state index contributed by atoms with van der Waals surface area (Å²) in [6.45, 7) is -1.49. The van der Waals surface area contributed by atoms with Gasteiger partial charge in [-0.2, -0.15) is 13.2 Å². The minimum Gasteiger partial charge on any atom is -0.468 e. The van der Waals surface area contributed by atoms with Gasteiger partial charge in [-0.1, -0.05) is 30.3 Å². The van der Waals surface area contributed by atoms with Gasteiger partial charge in [0.2, 0.25) is 17.7 Å². The highest BCUT2D eigenvalue weighted by Gasteiger charge is 2.28. The summed E-state index contributed by atoms with van der Waals surface area (Å²) in [4.78, 5) is 39.6. The van der Waals surface area contributed by atoms with Crippen molar-refractivity contribution in [2.24, 2.45) is 5.73 Å². The third kappa shape index (κ3) is 8.72. The normalized spacial score (nSPS) is 12.0. The van der Waals surface area contributed by atoms with Gasteiger partial charge in [-0.25, -0.2) is 4.98 Å². The van der Waals surface area contributed by atoms with Gasteiger partial charge in [-0.15, -0.1) is 0 Å². The number of nitrogens with zero attached hydrogens (tertiary/aromatic N) is 1. The van der Waals surface area contributed by atoms with Crippen LogP contribution in [0.2, 0.25) is 0 Å². The fourth-order valence-corrected chi connectivity index (χ4v) is 2.49. The molecule has 0 saturated heterocycles. The average Bonchev–Trinajstić information content (AvgIpc) is 2.72. The van der Waals surface area contributed by atoms with E-state index in [1.54, 1.807) is 30.3 Å². The Morgan fingerprint density at radius 1 is 1.10 bits per heavy atom. The number of aromatic nitrogens is 1. The van der Waals surface area contributed by atoms with Crippen LogP contribution in [0.5, 0.6) is 5.88 Å². The van der Waals surface area contributed by atoms with Crippen molar-refractivity contribution in [2.45, 2.75) is 25.1 Å². The monoisotopic (exact) mass is 438 g/mol. The number of alkyl halides is 3. The Bertz CT molecular complexity index is 890. The van der Waals surface area contributed by atoms with Crippen molar-refractivity contribution in [1.82, 2.24) is 15.6 Å². The van der Waals surface area contributed by atoms with Gasteiger partial charge in [-0.3, -0.25) is 14.4 Å². The zero-order valence-corrected chi connectivity index (χ0v) is 16.3. The lowest BCUT2D eigenvalue weighted by molar-refractivity contribution is -0.154. The standard InChI is InChI=1S/C20H21F3N4O4/c21-20(22,23)12-31-17-7-6-14(11-26-17)18(29)27-15(10-13-4-2-1-3-5-13)19(30)25-9-8-16(24)28/h1-7,11,15H,8-10,12H2,(H2,24,28)(H,25,30)(H,27,29)/t15-/m0/s1. The Labute approximate surface area is 176 Å². The van der Waals surface area contributed by atoms with E-state index >= 15 is 0 Å². The van der Waals surface area contributed by atoms with E-state index in [9.17, 15) is 27.6 Å². The maximum atomic E-state index is 12.5. The second-order valence-corrected chi connectivity index (χ2v) is 6.51. The lowest BCUT2D eigenvalue weighted by Crippen LogP contribution is -2.48. The molecular formula is C20H21F3N4O4. The molecule has 166 valence electrons. The van der Waals surface area contributed by atoms with Crippen molar-refractivity contribution in [3.63, 3.8) is 0 Å². The number of halogens is 3. The Kier molecular flexibility index (Phi) is 8.35. The number of primary amides is 1. The number of hydrogen-bond acceptors (Lipinski definition) is 5. The number of pyridine rings is 1. The van der Waals surface area contributed by atoms with Crippen molar-refractivity contribution in [3.8, 4) is 5.88 Å². The molecule has 1 aromatic heterocycles. The second-order valence-electron chi connectivity index (χ2n) is 6.51. The molecule has 1 atom stereocenters. The third-order valence-electron chi connectivity index (χ3n) is 3.96. The molecule has 0 aliphatic carbocycles. The fourth-order valence-electron chi connectivity index (χ4n) is 2.49. The average molecular weight is 438 g/mol. The third-order valence-corrected chi connectivity index (χ3v) is 3.96. The summed E-state index contributed by atoms with van der Waals surface area (Å²) in [6, 6.07) is 10.3. The van der Waals surface area contributed by atoms with Crippen LogP contribution in [-0.2, 0) is 16.0 Å². The molecule has 0 fully saturated rings. The van der Waals surface area contributed by atoms with Gasteiger partial charge in [0.25, 0.3) is 5.91 Å². The summed E-state index contributed by atoms with van der Waals surface area (Å²) in [5.74, 6) is -2.04. The van der Waals surface area contributed by atoms with E-state index < -0.39 is 36.5 Å². The molecule has 0 bridgehead atoms. The molecule has 8 nitrogen and oxygen atoms in total. The summed E-state index contributed by atoms with van der Waals surface area (Å²) in [7, 11) is 0. The summed E-state index contributed by atoms with van der Waals surface area (Å²) < 4.78 is 41.1. The summed E-state index contributed by atoms with van der Waals surface area (Å²) in [5.41, 5.74) is 5.87. The first-order valence-electron chi connectivity index (χ1n) is 9.20. The lowest BCUT2D eigenvalue weighted by atomic mass is 10.0. The summed E-state index contributed by atoms with van der Waals surface area (Å²) in [5, 5.41) is 5.10. The van der Waals surface area contributed by atoms with Crippen molar-refractivity contribution in [1.29, 1.82) is 0 Å². The van der Waals surface area contributed by atoms with Crippen LogP contribution in [0.15, 0.2) is 48.7 Å². The lowest BCUT2D eigenvalue weighted by Gasteiger charge is -2.18. The van der Waals surface area contributed by atoms with E-state index in [0.717, 1.165) is 17.8 Å². The first-order chi connectivity index (χ1) is 14.6. The van der Waals surface area contributed by atoms with E-state index in [1.165, 1.54) is 6.07 Å². The quantitative estimate of drug-likeness (QED) is 0.517. The van der Waals surface area contributed by atoms with Crippen LogP contribution < -0.4 is 21.1 Å². The first kappa shape index (κ1) is 23.6. The molecule has 0 spiro atoms. The topological polar surface area (TPSA) is 123 Å². The SMILES string of the molecule is NC(=O)CCNC(=O)[C@H](Cc1ccccc1)NC(=O)c1ccc(OCC(F)(F)F)nc1. The van der Waals surface area contributed by atoms with Crippen LogP contribution in [0.4, 0.5) is 13.2 Å². The number of hydrogen-bond donors (Lipinski definition) is 3. The van der Waals surface area contributed by atoms with Crippen LogP contribution in [0.25, 0.3) is 0 Å². The Morgan fingerprint density at radius 2 is 1.81 bits per heavy atom. The molecule has 0 unspecified atom stereocenters. The van der Waals surface area contributed by atoms with Crippen LogP contribution in [0.3, 0.4) is 0 Å². The maximum Gasteiger partial charge on any atom is 0.422 e. The number of ether oxygens (including phenoxy) is 1. The fraction of sp³-hybridized carbons (Fsp3) is 0.300. The Morgan fingerprint density at radius 3 is 2.39 bits per heavy atom. The Balaban J connectivity index is 2.05. The largest absolute Gasteiger partial charge is 0.468 e. The number of carbonyl (C=O) groups excluding carboxylic acids is 3. The highest BCUT2D eigenvalue weighted by Crippen LogP contribution is 2.17. The molecule has 1 heterocycles. The molecule has 0 aliphatic rings. The minimum absolute atomic E-state index is 0.0160. The van der Waals surface area contributed by atoms with Crippen LogP contribution in [0, 0.1) is 0 Å². The smallest absolute Gasteiger partial charge is 0.422 e. The first-order valence-corrected chi connectivity index (χ1v) is 9.20. The highest BCUT2D eigenvalue weighted by atomic mass is 19.4. The van der Waals surface area contributed by atoms with E-state index in [-0.39, 0.29) is 30.8 Å². The van der Waals surface area contributed by atoms with Gasteiger partial charge >= 0.3 is 6.18 Å². The molecule has 1 aromatic carbocycles. The molecule has 0 saturated carbocycles. The molecule has 4 N–H and O–H groups in total. The summed E-state index contributed by atoms with van der Waals surface area (Å²) in [6.07, 6.45) is -3.34. The Hall–Kier alpha value is -3.63. The number of benzene rings is 1. The minimum atomic E-state index is -4.51. The number of nitrogens with two attached hydrogens (primary N) is 1. The van der Waals surface area contributed by atoms with Gasteiger partial charge in [0.1, 0.15) is 6.04 Å². The van der Waals surface area contributed by atoms with Gasteiger partial charge in [0, 0.05) is 31.6 Å². The van der Waals surface area contributed by atoms with Gasteiger partial charge in [0.05, 0.1) is 5.56 Å². The number of carbonyl (C=O) groups is 3. The highest BCUT2D eigenvalue weighted by molar-refractivity contribution is 5.97. The number of rotatable bonds is 10. The molecule has 2 aromatic rings. The van der Waals surface area contributed by atoms with E-state index in [2.05, 4.69) is 20.4 Å². The molecule has 3 amide bonds. The van der Waals surface area contributed by atoms with Crippen LogP contribution >= 0.6 is 0 Å². The predicted molar refractivity (Wildman–Crippen MR) is 104 cm³/mol. The molecule has 2 rings (SSSR count). The maximum absolute atomic E-state index is 12.5. The van der Waals surface area contributed by atoms with Crippen molar-refractivity contribution >= 4 is 17.7 Å². The van der Waals surface area contributed by atoms with Crippen molar-refractivity contribution in [2.75, 3.05) is 13.2 Å². The molecule has 0 radical (unpaired) electrons. The van der Waals surface area contributed by atoms with Crippen molar-refractivity contribution < 1.29 is 32.3 Å². The second kappa shape index (κ2) is 11.0. The van der Waals surface area contributed by atoms with Gasteiger partial charge < -0.3 is 21.1 Å². The zero-order chi connectivity index (χ0) is 22.9. The van der Waals surface area contributed by atoms with E-state index in [0.29, 0.717) is 0 Å². The van der Waals surface area contributed by atoms with Crippen molar-refractivity contribution in [3.05, 3.63) is 59.8 Å². The summed E-state index contributed by atoms with van der Waals surface area (Å²) >= 11 is 0. The van der Waals surface area contributed by atoms with Gasteiger partial charge in [0.15, 0.2) is 6.61 Å². The molecular weight excluding hydrogens is 417 g/mol. The van der Waals surface area contributed by atoms with E-state index in [1.807, 2.05) is 0 Å². The molecule has 11 heteroatoms. The predicted octanol–water partition coefficient (Wildman–Crippen LogP) is 1.36. The van der Waals surface area contributed by atoms with E-state index in [4.69, 9.17) is 5.73 Å². The van der Waals surface area contributed by atoms with Gasteiger partial charge in [-0.05, 0) is 11.6 Å². The van der Waals surface area contributed by atoms with Crippen LogP contribution in [-0.4, -0.2) is 48.1 Å². The zero-order valence-electron chi connectivity index (χ0n) is 16.3. The molecule has 31 heavy (non-hydrogen) atoms. The molecule has 0 aliphatic heterocycles. The number of nitrogens with one attached hydrogen (secondary N) is 2. The van der Waals surface area contributed by atoms with Crippen LogP contribution in [0.1, 0.15) is 22.3 Å².